The monoisotopic (exact) mass is 452 g/mol. The van der Waals surface area contributed by atoms with Crippen molar-refractivity contribution < 1.29 is 28.0 Å². The summed E-state index contributed by atoms with van der Waals surface area (Å²) < 4.78 is 37.0. The van der Waals surface area contributed by atoms with E-state index in [1.54, 1.807) is 35.2 Å². The zero-order chi connectivity index (χ0) is 25.5. The van der Waals surface area contributed by atoms with Crippen molar-refractivity contribution in [1.82, 2.24) is 15.1 Å². The molecule has 33 heavy (non-hydrogen) atoms. The van der Waals surface area contributed by atoms with Crippen LogP contribution in [0.4, 0.5) is 0 Å². The minimum atomic E-state index is -1.85. The van der Waals surface area contributed by atoms with Gasteiger partial charge in [0.05, 0.1) is 21.1 Å². The molecule has 2 fully saturated rings. The number of piperidine rings is 1. The summed E-state index contributed by atoms with van der Waals surface area (Å²) in [7, 11) is 0. The highest BCUT2D eigenvalue weighted by Crippen LogP contribution is 2.34. The SMILES string of the molecule is [2H]C([2H])(c1ccc(COc2cccc3c2CN([C@@]2([2H])CCC(=O)NC2=O)C3=O)cc1)N1CCOCC1. The van der Waals surface area contributed by atoms with E-state index < -0.39 is 30.2 Å². The number of nitrogens with one attached hydrogen (secondary N) is 1. The molecule has 8 nitrogen and oxygen atoms in total. The van der Waals surface area contributed by atoms with Gasteiger partial charge in [-0.2, -0.15) is 0 Å². The van der Waals surface area contributed by atoms with Crippen LogP contribution in [0, 0.1) is 0 Å². The van der Waals surface area contributed by atoms with Gasteiger partial charge in [0.1, 0.15) is 18.4 Å². The van der Waals surface area contributed by atoms with Crippen LogP contribution in [-0.2, 0) is 34.0 Å². The van der Waals surface area contributed by atoms with Gasteiger partial charge in [0.15, 0.2) is 0 Å². The van der Waals surface area contributed by atoms with Gasteiger partial charge in [-0.25, -0.2) is 0 Å². The number of benzene rings is 2. The molecule has 2 saturated heterocycles. The maximum absolute atomic E-state index is 13.1. The minimum Gasteiger partial charge on any atom is -0.489 e. The molecule has 0 bridgehead atoms. The van der Waals surface area contributed by atoms with E-state index in [2.05, 4.69) is 5.32 Å². The summed E-state index contributed by atoms with van der Waals surface area (Å²) in [6.07, 6.45) is -0.0595. The fourth-order valence-electron chi connectivity index (χ4n) is 4.22. The first-order valence-electron chi connectivity index (χ1n) is 12.5. The van der Waals surface area contributed by atoms with Gasteiger partial charge in [0.25, 0.3) is 5.91 Å². The van der Waals surface area contributed by atoms with E-state index >= 15 is 0 Å². The number of carbonyl (C=O) groups is 3. The molecule has 1 N–H and O–H groups in total. The van der Waals surface area contributed by atoms with Crippen molar-refractivity contribution in [3.8, 4) is 5.75 Å². The molecule has 172 valence electrons. The fourth-order valence-corrected chi connectivity index (χ4v) is 4.22. The van der Waals surface area contributed by atoms with Crippen molar-refractivity contribution in [3.63, 3.8) is 0 Å². The van der Waals surface area contributed by atoms with Gasteiger partial charge in [-0.15, -0.1) is 0 Å². The van der Waals surface area contributed by atoms with Crippen LogP contribution in [0.5, 0.6) is 5.75 Å². The van der Waals surface area contributed by atoms with Gasteiger partial charge in [-0.1, -0.05) is 30.3 Å². The summed E-state index contributed by atoms with van der Waals surface area (Å²) in [5, 5.41) is 2.16. The van der Waals surface area contributed by atoms with Gasteiger partial charge >= 0.3 is 0 Å². The summed E-state index contributed by atoms with van der Waals surface area (Å²) in [6, 6.07) is 10.4. The molecule has 5 rings (SSSR count). The molecule has 0 unspecified atom stereocenters. The first-order valence-corrected chi connectivity index (χ1v) is 11.0. The lowest BCUT2D eigenvalue weighted by atomic mass is 10.0. The second-order valence-electron chi connectivity index (χ2n) is 8.19. The van der Waals surface area contributed by atoms with Crippen LogP contribution in [0.25, 0.3) is 0 Å². The van der Waals surface area contributed by atoms with Crippen LogP contribution in [0.15, 0.2) is 42.5 Å². The molecule has 0 aliphatic carbocycles. The summed E-state index contributed by atoms with van der Waals surface area (Å²) in [5.41, 5.74) is 2.36. The predicted octanol–water partition coefficient (Wildman–Crippen LogP) is 1.86. The van der Waals surface area contributed by atoms with Crippen LogP contribution in [0.3, 0.4) is 0 Å². The Kier molecular flexibility index (Phi) is 5.15. The molecular weight excluding hydrogens is 422 g/mol. The number of ether oxygens (including phenoxy) is 2. The zero-order valence-corrected chi connectivity index (χ0v) is 18.1. The second-order valence-corrected chi connectivity index (χ2v) is 8.19. The number of hydrogen-bond acceptors (Lipinski definition) is 6. The minimum absolute atomic E-state index is 0.00180. The maximum Gasteiger partial charge on any atom is 0.255 e. The van der Waals surface area contributed by atoms with E-state index in [4.69, 9.17) is 13.6 Å². The summed E-state index contributed by atoms with van der Waals surface area (Å²) in [4.78, 5) is 40.0. The topological polar surface area (TPSA) is 88.2 Å². The molecule has 2 aromatic carbocycles. The van der Waals surface area contributed by atoms with E-state index in [0.717, 1.165) is 5.56 Å². The standard InChI is InChI=1S/C25H27N3O5/c29-23-9-8-21(24(30)26-23)28-15-20-19(25(28)31)2-1-3-22(20)33-16-18-6-4-17(5-7-18)14-27-10-12-32-13-11-27/h1-7,21H,8-16H2,(H,26,29,30)/t21-/m0/s1/i14D2,21D. The summed E-state index contributed by atoms with van der Waals surface area (Å²) in [5.74, 6) is -1.20. The summed E-state index contributed by atoms with van der Waals surface area (Å²) >= 11 is 0. The van der Waals surface area contributed by atoms with Crippen molar-refractivity contribution in [3.05, 3.63) is 64.7 Å². The highest BCUT2D eigenvalue weighted by Gasteiger charge is 2.40. The quantitative estimate of drug-likeness (QED) is 0.674. The van der Waals surface area contributed by atoms with E-state index in [-0.39, 0.29) is 26.0 Å². The summed E-state index contributed by atoms with van der Waals surface area (Å²) in [6.45, 7) is 0.721. The molecule has 0 spiro atoms. The average Bonchev–Trinajstić information content (AvgIpc) is 3.23. The van der Waals surface area contributed by atoms with Gasteiger partial charge in [0, 0.05) is 39.9 Å². The Morgan fingerprint density at radius 2 is 1.85 bits per heavy atom. The normalized spacial score (nSPS) is 25.2. The third-order valence-corrected chi connectivity index (χ3v) is 6.00. The molecule has 3 heterocycles. The van der Waals surface area contributed by atoms with Crippen LogP contribution < -0.4 is 10.1 Å². The fraction of sp³-hybridized carbons (Fsp3) is 0.400. The number of carbonyl (C=O) groups excluding carboxylic acids is 3. The van der Waals surface area contributed by atoms with Crippen LogP contribution >= 0.6 is 0 Å². The molecule has 3 amide bonds. The first-order chi connectivity index (χ1) is 17.2. The number of fused-ring (bicyclic) bond motifs is 1. The number of rotatable bonds is 6. The molecule has 3 aliphatic heterocycles. The Bertz CT molecular complexity index is 1200. The molecule has 0 saturated carbocycles. The third-order valence-electron chi connectivity index (χ3n) is 6.00. The van der Waals surface area contributed by atoms with E-state index in [9.17, 15) is 14.4 Å². The molecule has 0 aromatic heterocycles. The molecule has 1 atom stereocenters. The second kappa shape index (κ2) is 9.33. The molecular formula is C25H27N3O5. The molecule has 3 aliphatic rings. The van der Waals surface area contributed by atoms with Crippen molar-refractivity contribution in [2.75, 3.05) is 26.3 Å². The number of amides is 3. The molecule has 2 aromatic rings. The largest absolute Gasteiger partial charge is 0.489 e. The Hall–Kier alpha value is -3.23. The van der Waals surface area contributed by atoms with Crippen molar-refractivity contribution >= 4 is 17.7 Å². The van der Waals surface area contributed by atoms with Crippen LogP contribution in [-0.4, -0.2) is 59.8 Å². The van der Waals surface area contributed by atoms with Gasteiger partial charge in [0.2, 0.25) is 11.8 Å². The lowest BCUT2D eigenvalue weighted by Gasteiger charge is -2.29. The average molecular weight is 453 g/mol. The van der Waals surface area contributed by atoms with Crippen molar-refractivity contribution in [2.24, 2.45) is 0 Å². The smallest absolute Gasteiger partial charge is 0.255 e. The predicted molar refractivity (Wildman–Crippen MR) is 119 cm³/mol. The Labute approximate surface area is 196 Å². The van der Waals surface area contributed by atoms with Gasteiger partial charge < -0.3 is 14.4 Å². The zero-order valence-electron chi connectivity index (χ0n) is 21.1. The third kappa shape index (κ3) is 4.62. The molecule has 8 heteroatoms. The first kappa shape index (κ1) is 18.2. The maximum atomic E-state index is 13.1. The Morgan fingerprint density at radius 1 is 1.09 bits per heavy atom. The number of nitrogens with zero attached hydrogens (tertiary/aromatic N) is 2. The Morgan fingerprint density at radius 3 is 2.61 bits per heavy atom. The van der Waals surface area contributed by atoms with Gasteiger partial charge in [-0.05, 0) is 29.7 Å². The number of imide groups is 1. The highest BCUT2D eigenvalue weighted by molar-refractivity contribution is 6.05. The lowest BCUT2D eigenvalue weighted by Crippen LogP contribution is -2.52. The lowest BCUT2D eigenvalue weighted by molar-refractivity contribution is -0.136. The molecule has 0 radical (unpaired) electrons. The van der Waals surface area contributed by atoms with Crippen LogP contribution in [0.1, 0.15) is 44.0 Å². The van der Waals surface area contributed by atoms with Crippen LogP contribution in [0.2, 0.25) is 0 Å². The van der Waals surface area contributed by atoms with E-state index in [1.807, 2.05) is 12.1 Å². The van der Waals surface area contributed by atoms with E-state index in [0.29, 0.717) is 48.7 Å². The Balaban J connectivity index is 1.28. The number of hydrogen-bond donors (Lipinski definition) is 1. The highest BCUT2D eigenvalue weighted by atomic mass is 16.5. The van der Waals surface area contributed by atoms with Crippen molar-refractivity contribution in [2.45, 2.75) is 38.5 Å². The van der Waals surface area contributed by atoms with Gasteiger partial charge in [-0.3, -0.25) is 24.6 Å². The number of morpholine rings is 1. The van der Waals surface area contributed by atoms with Crippen molar-refractivity contribution in [1.29, 1.82) is 0 Å². The van der Waals surface area contributed by atoms with E-state index in [1.165, 1.54) is 4.90 Å².